The van der Waals surface area contributed by atoms with Crippen molar-refractivity contribution >= 4 is 44.0 Å². The van der Waals surface area contributed by atoms with Crippen molar-refractivity contribution in [1.82, 2.24) is 14.9 Å². The van der Waals surface area contributed by atoms with E-state index in [1.54, 1.807) is 24.3 Å². The van der Waals surface area contributed by atoms with Gasteiger partial charge in [-0.1, -0.05) is 35.8 Å². The lowest BCUT2D eigenvalue weighted by Crippen LogP contribution is -2.32. The van der Waals surface area contributed by atoms with E-state index in [1.807, 2.05) is 0 Å². The zero-order valence-corrected chi connectivity index (χ0v) is 14.9. The molecule has 0 bridgehead atoms. The minimum atomic E-state index is -3.70. The van der Waals surface area contributed by atoms with Crippen LogP contribution >= 0.6 is 22.9 Å². The molecule has 1 amide bonds. The van der Waals surface area contributed by atoms with Crippen LogP contribution in [0.15, 0.2) is 28.6 Å². The Morgan fingerprint density at radius 1 is 1.17 bits per heavy atom. The van der Waals surface area contributed by atoms with Crippen LogP contribution in [0.25, 0.3) is 0 Å². The summed E-state index contributed by atoms with van der Waals surface area (Å²) in [6.45, 7) is 0. The molecule has 2 aromatic rings. The molecular formula is C14H15ClN4O3S2. The van der Waals surface area contributed by atoms with Gasteiger partial charge in [0, 0.05) is 16.6 Å². The van der Waals surface area contributed by atoms with E-state index in [4.69, 9.17) is 11.6 Å². The van der Waals surface area contributed by atoms with Gasteiger partial charge in [-0.25, -0.2) is 13.1 Å². The summed E-state index contributed by atoms with van der Waals surface area (Å²) in [4.78, 5) is 12.1. The maximum atomic E-state index is 12.3. The van der Waals surface area contributed by atoms with Gasteiger partial charge in [-0.2, -0.15) is 0 Å². The SMILES string of the molecule is O=C(Nc1nnc(S(=O)(=O)NC2CCCC2)s1)c1ccc(Cl)cc1. The van der Waals surface area contributed by atoms with E-state index < -0.39 is 15.9 Å². The highest BCUT2D eigenvalue weighted by Crippen LogP contribution is 2.24. The monoisotopic (exact) mass is 386 g/mol. The van der Waals surface area contributed by atoms with Crippen molar-refractivity contribution in [2.24, 2.45) is 0 Å². The third-order valence-corrected chi connectivity index (χ3v) is 6.62. The summed E-state index contributed by atoms with van der Waals surface area (Å²) in [5.74, 6) is -0.407. The summed E-state index contributed by atoms with van der Waals surface area (Å²) in [5, 5.41) is 10.6. The maximum absolute atomic E-state index is 12.3. The van der Waals surface area contributed by atoms with Gasteiger partial charge in [0.05, 0.1) is 0 Å². The molecular weight excluding hydrogens is 372 g/mol. The average Bonchev–Trinajstić information content (AvgIpc) is 3.19. The second-order valence-corrected chi connectivity index (χ2v) is 8.74. The number of rotatable bonds is 5. The minimum absolute atomic E-state index is 0.0500. The first-order valence-electron chi connectivity index (χ1n) is 7.37. The quantitative estimate of drug-likeness (QED) is 0.769. The Labute approximate surface area is 148 Å². The number of hydrogen-bond acceptors (Lipinski definition) is 6. The molecule has 3 rings (SSSR count). The third kappa shape index (κ3) is 4.10. The molecule has 0 unspecified atom stereocenters. The van der Waals surface area contributed by atoms with Gasteiger partial charge in [0.15, 0.2) is 0 Å². The first-order valence-corrected chi connectivity index (χ1v) is 10.0. The van der Waals surface area contributed by atoms with Gasteiger partial charge in [0.25, 0.3) is 15.9 Å². The smallest absolute Gasteiger partial charge is 0.270 e. The standard InChI is InChI=1S/C14H15ClN4O3S2/c15-10-7-5-9(6-8-10)12(20)16-13-17-18-14(23-13)24(21,22)19-11-3-1-2-4-11/h5-8,11,19H,1-4H2,(H,16,17,20). The zero-order chi connectivity index (χ0) is 17.2. The van der Waals surface area contributed by atoms with Crippen LogP contribution in [0.1, 0.15) is 36.0 Å². The van der Waals surface area contributed by atoms with E-state index in [0.717, 1.165) is 37.0 Å². The molecule has 7 nitrogen and oxygen atoms in total. The molecule has 1 heterocycles. The first-order chi connectivity index (χ1) is 11.4. The molecule has 1 aliphatic rings. The fourth-order valence-electron chi connectivity index (χ4n) is 2.45. The highest BCUT2D eigenvalue weighted by atomic mass is 35.5. The maximum Gasteiger partial charge on any atom is 0.270 e. The molecule has 1 aliphatic carbocycles. The van der Waals surface area contributed by atoms with Gasteiger partial charge in [-0.15, -0.1) is 10.2 Å². The fraction of sp³-hybridized carbons (Fsp3) is 0.357. The van der Waals surface area contributed by atoms with Gasteiger partial charge in [0.2, 0.25) is 9.47 Å². The number of carbonyl (C=O) groups excluding carboxylic acids is 1. The number of amides is 1. The topological polar surface area (TPSA) is 101 Å². The van der Waals surface area contributed by atoms with Crippen molar-refractivity contribution in [2.45, 2.75) is 36.1 Å². The summed E-state index contributed by atoms with van der Waals surface area (Å²) in [6, 6.07) is 6.28. The second kappa shape index (κ2) is 7.14. The Kier molecular flexibility index (Phi) is 5.14. The van der Waals surface area contributed by atoms with Gasteiger partial charge in [0.1, 0.15) is 0 Å². The van der Waals surface area contributed by atoms with Crippen molar-refractivity contribution in [3.8, 4) is 0 Å². The summed E-state index contributed by atoms with van der Waals surface area (Å²) in [6.07, 6.45) is 3.70. The van der Waals surface area contributed by atoms with E-state index in [1.165, 1.54) is 0 Å². The number of aromatic nitrogens is 2. The van der Waals surface area contributed by atoms with Crippen LogP contribution in [0.3, 0.4) is 0 Å². The highest BCUT2D eigenvalue weighted by Gasteiger charge is 2.26. The fourth-order valence-corrected chi connectivity index (χ4v) is 4.79. The lowest BCUT2D eigenvalue weighted by atomic mass is 10.2. The van der Waals surface area contributed by atoms with E-state index in [0.29, 0.717) is 10.6 Å². The molecule has 128 valence electrons. The van der Waals surface area contributed by atoms with Gasteiger partial charge in [-0.05, 0) is 37.1 Å². The van der Waals surface area contributed by atoms with Gasteiger partial charge in [-0.3, -0.25) is 10.1 Å². The number of halogens is 1. The van der Waals surface area contributed by atoms with E-state index in [-0.39, 0.29) is 15.5 Å². The Bertz CT molecular complexity index is 830. The van der Waals surface area contributed by atoms with E-state index >= 15 is 0 Å². The molecule has 0 spiro atoms. The van der Waals surface area contributed by atoms with E-state index in [9.17, 15) is 13.2 Å². The summed E-state index contributed by atoms with van der Waals surface area (Å²) < 4.78 is 27.0. The van der Waals surface area contributed by atoms with Crippen LogP contribution < -0.4 is 10.0 Å². The number of sulfonamides is 1. The van der Waals surface area contributed by atoms with Gasteiger partial charge < -0.3 is 0 Å². The molecule has 0 radical (unpaired) electrons. The number of nitrogens with zero attached hydrogens (tertiary/aromatic N) is 2. The Balaban J connectivity index is 1.68. The molecule has 0 saturated heterocycles. The van der Waals surface area contributed by atoms with Crippen LogP contribution in [-0.4, -0.2) is 30.6 Å². The van der Waals surface area contributed by atoms with Crippen LogP contribution in [0.5, 0.6) is 0 Å². The Morgan fingerprint density at radius 2 is 1.83 bits per heavy atom. The molecule has 1 saturated carbocycles. The van der Waals surface area contributed by atoms with Crippen molar-refractivity contribution in [3.05, 3.63) is 34.9 Å². The predicted molar refractivity (Wildman–Crippen MR) is 91.9 cm³/mol. The second-order valence-electron chi connectivity index (χ2n) is 5.44. The molecule has 0 atom stereocenters. The molecule has 1 fully saturated rings. The highest BCUT2D eigenvalue weighted by molar-refractivity contribution is 7.91. The van der Waals surface area contributed by atoms with Crippen LogP contribution in [0.2, 0.25) is 5.02 Å². The van der Waals surface area contributed by atoms with Gasteiger partial charge >= 0.3 is 0 Å². The summed E-state index contributed by atoms with van der Waals surface area (Å²) in [5.41, 5.74) is 0.392. The molecule has 10 heteroatoms. The molecule has 0 aliphatic heterocycles. The lowest BCUT2D eigenvalue weighted by molar-refractivity contribution is 0.102. The van der Waals surface area contributed by atoms with Crippen LogP contribution in [0.4, 0.5) is 5.13 Å². The minimum Gasteiger partial charge on any atom is -0.296 e. The third-order valence-electron chi connectivity index (χ3n) is 3.64. The molecule has 24 heavy (non-hydrogen) atoms. The van der Waals surface area contributed by atoms with Crippen molar-refractivity contribution in [1.29, 1.82) is 0 Å². The number of nitrogens with one attached hydrogen (secondary N) is 2. The Hall–Kier alpha value is -1.55. The summed E-state index contributed by atoms with van der Waals surface area (Å²) in [7, 11) is -3.70. The average molecular weight is 387 g/mol. The Morgan fingerprint density at radius 3 is 2.50 bits per heavy atom. The lowest BCUT2D eigenvalue weighted by Gasteiger charge is -2.09. The van der Waals surface area contributed by atoms with Crippen molar-refractivity contribution in [3.63, 3.8) is 0 Å². The number of benzene rings is 1. The number of hydrogen-bond donors (Lipinski definition) is 2. The van der Waals surface area contributed by atoms with Crippen molar-refractivity contribution in [2.75, 3.05) is 5.32 Å². The summed E-state index contributed by atoms with van der Waals surface area (Å²) >= 11 is 6.59. The largest absolute Gasteiger partial charge is 0.296 e. The molecule has 1 aromatic carbocycles. The van der Waals surface area contributed by atoms with Crippen LogP contribution in [0, 0.1) is 0 Å². The molecule has 1 aromatic heterocycles. The number of anilines is 1. The zero-order valence-electron chi connectivity index (χ0n) is 12.5. The van der Waals surface area contributed by atoms with Crippen LogP contribution in [-0.2, 0) is 10.0 Å². The van der Waals surface area contributed by atoms with Crippen molar-refractivity contribution < 1.29 is 13.2 Å². The number of carbonyl (C=O) groups is 1. The molecule has 2 N–H and O–H groups in total. The first kappa shape index (κ1) is 17.3. The van der Waals surface area contributed by atoms with E-state index in [2.05, 4.69) is 20.2 Å². The predicted octanol–water partition coefficient (Wildman–Crippen LogP) is 2.66. The normalized spacial score (nSPS) is 15.5.